The van der Waals surface area contributed by atoms with Gasteiger partial charge in [0, 0.05) is 55.1 Å². The number of carbonyl (C=O) groups is 3. The van der Waals surface area contributed by atoms with Gasteiger partial charge in [0.05, 0.1) is 6.61 Å². The van der Waals surface area contributed by atoms with Crippen molar-refractivity contribution in [1.29, 1.82) is 0 Å². The van der Waals surface area contributed by atoms with Gasteiger partial charge in [0.1, 0.15) is 18.3 Å². The quantitative estimate of drug-likeness (QED) is 0.208. The number of likely N-dealkylation sites (tertiary alicyclic amines) is 1. The van der Waals surface area contributed by atoms with E-state index in [1.807, 2.05) is 37.3 Å². The number of alkyl halides is 1. The first kappa shape index (κ1) is 31.7. The highest BCUT2D eigenvalue weighted by Crippen LogP contribution is 2.38. The van der Waals surface area contributed by atoms with Crippen molar-refractivity contribution in [3.63, 3.8) is 0 Å². The van der Waals surface area contributed by atoms with Crippen LogP contribution in [0.3, 0.4) is 0 Å². The number of rotatable bonds is 12. The molecule has 1 saturated carbocycles. The van der Waals surface area contributed by atoms with E-state index >= 15 is 0 Å². The minimum atomic E-state index is -0.682. The zero-order valence-electron chi connectivity index (χ0n) is 25.2. The molecule has 0 spiro atoms. The molecule has 3 aromatic rings. The number of halogens is 1. The number of benzene rings is 2. The van der Waals surface area contributed by atoms with Crippen LogP contribution in [-0.2, 0) is 19.1 Å². The van der Waals surface area contributed by atoms with E-state index in [1.54, 1.807) is 29.2 Å². The molecule has 5 rings (SSSR count). The zero-order chi connectivity index (χ0) is 31.1. The van der Waals surface area contributed by atoms with E-state index in [4.69, 9.17) is 19.6 Å². The molecule has 0 bridgehead atoms. The van der Waals surface area contributed by atoms with Crippen LogP contribution < -0.4 is 11.1 Å². The van der Waals surface area contributed by atoms with Crippen LogP contribution in [-0.4, -0.2) is 67.8 Å². The molecule has 9 nitrogen and oxygen atoms in total. The summed E-state index contributed by atoms with van der Waals surface area (Å²) in [6.45, 7) is 3.18. The molecular weight excluding hydrogens is 565 g/mol. The smallest absolute Gasteiger partial charge is 0.374 e. The van der Waals surface area contributed by atoms with E-state index in [9.17, 15) is 18.8 Å². The number of anilines is 1. The van der Waals surface area contributed by atoms with Gasteiger partial charge in [-0.05, 0) is 74.8 Å². The van der Waals surface area contributed by atoms with Crippen LogP contribution in [0.2, 0.25) is 0 Å². The molecule has 1 aliphatic heterocycles. The number of carbonyl (C=O) groups excluding carboxylic acids is 3. The van der Waals surface area contributed by atoms with Gasteiger partial charge in [0.15, 0.2) is 0 Å². The van der Waals surface area contributed by atoms with E-state index in [2.05, 4.69) is 5.32 Å². The van der Waals surface area contributed by atoms with Crippen molar-refractivity contribution >= 4 is 34.4 Å². The molecule has 2 fully saturated rings. The molecule has 10 heteroatoms. The molecule has 236 valence electrons. The minimum Gasteiger partial charge on any atom is -0.460 e. The monoisotopic (exact) mass is 607 g/mol. The largest absolute Gasteiger partial charge is 0.460 e. The second kappa shape index (κ2) is 14.8. The van der Waals surface area contributed by atoms with Gasteiger partial charge in [0.2, 0.25) is 17.6 Å². The summed E-state index contributed by atoms with van der Waals surface area (Å²) in [5.74, 6) is -1.05. The van der Waals surface area contributed by atoms with Crippen molar-refractivity contribution in [3.05, 3.63) is 65.9 Å². The Morgan fingerprint density at radius 3 is 2.55 bits per heavy atom. The van der Waals surface area contributed by atoms with Gasteiger partial charge in [-0.1, -0.05) is 30.3 Å². The third-order valence-electron chi connectivity index (χ3n) is 8.94. The van der Waals surface area contributed by atoms with E-state index in [1.165, 1.54) is 0 Å². The average molecular weight is 608 g/mol. The van der Waals surface area contributed by atoms with Crippen molar-refractivity contribution in [3.8, 4) is 0 Å². The number of fused-ring (bicyclic) bond motifs is 1. The number of nitrogens with zero attached hydrogens (tertiary/aromatic N) is 1. The maximum Gasteiger partial charge on any atom is 0.374 e. The van der Waals surface area contributed by atoms with Gasteiger partial charge >= 0.3 is 5.97 Å². The summed E-state index contributed by atoms with van der Waals surface area (Å²) in [4.78, 5) is 42.0. The Morgan fingerprint density at radius 1 is 1.05 bits per heavy atom. The van der Waals surface area contributed by atoms with Crippen molar-refractivity contribution < 1.29 is 32.7 Å². The third-order valence-corrected chi connectivity index (χ3v) is 8.94. The first-order valence-corrected chi connectivity index (χ1v) is 15.7. The SMILES string of the molecule is CCOCCCOC(=O)c1cc2cc(NC(=O)[C@@H]3[C@@H](c4ccccc4)CCN3C(=O)C3CCC([C@H](N)CF)CC3)ccc2o1. The number of hydrogen-bond donors (Lipinski definition) is 2. The van der Waals surface area contributed by atoms with Crippen LogP contribution in [0.25, 0.3) is 11.0 Å². The summed E-state index contributed by atoms with van der Waals surface area (Å²) < 4.78 is 29.4. The van der Waals surface area contributed by atoms with E-state index in [0.717, 1.165) is 5.56 Å². The average Bonchev–Trinajstić information content (AvgIpc) is 3.69. The number of hydrogen-bond acceptors (Lipinski definition) is 7. The molecule has 1 aliphatic carbocycles. The Hall–Kier alpha value is -3.76. The summed E-state index contributed by atoms with van der Waals surface area (Å²) >= 11 is 0. The number of esters is 1. The Kier molecular flexibility index (Phi) is 10.7. The fourth-order valence-corrected chi connectivity index (χ4v) is 6.55. The predicted molar refractivity (Wildman–Crippen MR) is 165 cm³/mol. The van der Waals surface area contributed by atoms with Crippen LogP contribution >= 0.6 is 0 Å². The lowest BCUT2D eigenvalue weighted by molar-refractivity contribution is -0.141. The Morgan fingerprint density at radius 2 is 1.82 bits per heavy atom. The predicted octanol–water partition coefficient (Wildman–Crippen LogP) is 5.44. The standard InChI is InChI=1S/C34H42FN3O6/c1-2-42-17-6-18-43-34(41)30-20-25-19-26(13-14-29(25)44-30)37-32(39)31-27(22-7-4-3-5-8-22)15-16-38(31)33(40)24-11-9-23(10-12-24)28(36)21-35/h3-5,7-8,13-14,19-20,23-24,27-28,31H,2,6,9-12,15-18,21,36H2,1H3,(H,37,39)/t23?,24?,27-,28-,31+/m1/s1. The molecule has 1 saturated heterocycles. The molecular formula is C34H42FN3O6. The molecule has 0 radical (unpaired) electrons. The van der Waals surface area contributed by atoms with Crippen molar-refractivity contribution in [2.75, 3.05) is 38.4 Å². The van der Waals surface area contributed by atoms with Gasteiger partial charge < -0.3 is 29.8 Å². The second-order valence-electron chi connectivity index (χ2n) is 11.8. The summed E-state index contributed by atoms with van der Waals surface area (Å²) in [6.07, 6.45) is 3.98. The first-order valence-electron chi connectivity index (χ1n) is 15.7. The molecule has 44 heavy (non-hydrogen) atoms. The van der Waals surface area contributed by atoms with Crippen molar-refractivity contribution in [1.82, 2.24) is 4.90 Å². The fraction of sp³-hybridized carbons (Fsp3) is 0.500. The summed E-state index contributed by atoms with van der Waals surface area (Å²) in [5.41, 5.74) is 7.97. The number of ether oxygens (including phenoxy) is 2. The fourth-order valence-electron chi connectivity index (χ4n) is 6.55. The minimum absolute atomic E-state index is 0.0226. The highest BCUT2D eigenvalue weighted by atomic mass is 19.1. The van der Waals surface area contributed by atoms with Crippen LogP contribution in [0.4, 0.5) is 10.1 Å². The molecule has 0 unspecified atom stereocenters. The maximum atomic E-state index is 13.9. The number of furan rings is 1. The van der Waals surface area contributed by atoms with E-state index < -0.39 is 24.7 Å². The molecule has 3 N–H and O–H groups in total. The zero-order valence-corrected chi connectivity index (χ0v) is 25.2. The number of nitrogens with two attached hydrogens (primary N) is 1. The van der Waals surface area contributed by atoms with Gasteiger partial charge in [-0.3, -0.25) is 9.59 Å². The van der Waals surface area contributed by atoms with E-state index in [-0.39, 0.29) is 41.9 Å². The maximum absolute atomic E-state index is 13.9. The third kappa shape index (κ3) is 7.30. The molecule has 3 atom stereocenters. The lowest BCUT2D eigenvalue weighted by atomic mass is 9.78. The van der Waals surface area contributed by atoms with Crippen molar-refractivity contribution in [2.24, 2.45) is 17.6 Å². The highest BCUT2D eigenvalue weighted by molar-refractivity contribution is 6.00. The van der Waals surface area contributed by atoms with Gasteiger partial charge in [0.25, 0.3) is 0 Å². The number of nitrogens with one attached hydrogen (secondary N) is 1. The Bertz CT molecular complexity index is 1420. The lowest BCUT2D eigenvalue weighted by Crippen LogP contribution is -2.48. The Balaban J connectivity index is 1.29. The molecule has 1 aromatic heterocycles. The summed E-state index contributed by atoms with van der Waals surface area (Å²) in [5, 5.41) is 3.67. The van der Waals surface area contributed by atoms with Gasteiger partial charge in [-0.25, -0.2) is 9.18 Å². The topological polar surface area (TPSA) is 124 Å². The first-order chi connectivity index (χ1) is 21.4. The summed E-state index contributed by atoms with van der Waals surface area (Å²) in [6, 6.07) is 15.4. The van der Waals surface area contributed by atoms with E-state index in [0.29, 0.717) is 74.9 Å². The van der Waals surface area contributed by atoms with Crippen LogP contribution in [0, 0.1) is 11.8 Å². The van der Waals surface area contributed by atoms with Crippen LogP contribution in [0.1, 0.15) is 67.5 Å². The lowest BCUT2D eigenvalue weighted by Gasteiger charge is -2.35. The van der Waals surface area contributed by atoms with Crippen molar-refractivity contribution in [2.45, 2.75) is 63.5 Å². The molecule has 2 aliphatic rings. The van der Waals surface area contributed by atoms with Gasteiger partial charge in [-0.2, -0.15) is 0 Å². The molecule has 2 amide bonds. The molecule has 2 heterocycles. The molecule has 2 aromatic carbocycles. The highest BCUT2D eigenvalue weighted by Gasteiger charge is 2.44. The van der Waals surface area contributed by atoms with Crippen LogP contribution in [0.5, 0.6) is 0 Å². The normalized spacial score (nSPS) is 22.6. The second-order valence-corrected chi connectivity index (χ2v) is 11.8. The van der Waals surface area contributed by atoms with Crippen LogP contribution in [0.15, 0.2) is 59.0 Å². The van der Waals surface area contributed by atoms with Gasteiger partial charge in [-0.15, -0.1) is 0 Å². The summed E-state index contributed by atoms with van der Waals surface area (Å²) in [7, 11) is 0. The Labute approximate surface area is 257 Å². The number of amides is 2.